The summed E-state index contributed by atoms with van der Waals surface area (Å²) < 4.78 is 15.0. The predicted molar refractivity (Wildman–Crippen MR) is 77.0 cm³/mol. The molecule has 2 aromatic heterocycles. The fraction of sp³-hybridized carbons (Fsp3) is 0.188. The molecule has 0 fully saturated rings. The molecule has 0 amide bonds. The topological polar surface area (TPSA) is 43.3 Å². The molecule has 3 aromatic rings. The van der Waals surface area contributed by atoms with Crippen LogP contribution in [0.1, 0.15) is 22.5 Å². The second-order valence-electron chi connectivity index (χ2n) is 4.94. The summed E-state index contributed by atoms with van der Waals surface area (Å²) in [6.45, 7) is 2.47. The second-order valence-corrected chi connectivity index (χ2v) is 4.94. The van der Waals surface area contributed by atoms with E-state index in [0.29, 0.717) is 13.0 Å². The number of fused-ring (bicyclic) bond motifs is 1. The lowest BCUT2D eigenvalue weighted by molar-refractivity contribution is 0.627. The van der Waals surface area contributed by atoms with E-state index >= 15 is 0 Å². The van der Waals surface area contributed by atoms with Crippen LogP contribution in [0, 0.1) is 12.7 Å². The Morgan fingerprint density at radius 3 is 2.65 bits per heavy atom. The van der Waals surface area contributed by atoms with Crippen LogP contribution < -0.4 is 5.73 Å². The third kappa shape index (κ3) is 2.30. The molecular formula is C16H16FN3. The van der Waals surface area contributed by atoms with Gasteiger partial charge in [0.2, 0.25) is 0 Å². The van der Waals surface area contributed by atoms with Gasteiger partial charge in [0.15, 0.2) is 0 Å². The van der Waals surface area contributed by atoms with Gasteiger partial charge < -0.3 is 10.1 Å². The first-order valence-corrected chi connectivity index (χ1v) is 6.58. The van der Waals surface area contributed by atoms with Crippen LogP contribution in [0.4, 0.5) is 4.39 Å². The normalized spacial score (nSPS) is 11.2. The number of hydrogen-bond acceptors (Lipinski definition) is 2. The van der Waals surface area contributed by atoms with Crippen molar-refractivity contribution in [2.75, 3.05) is 0 Å². The molecule has 3 nitrogen and oxygen atoms in total. The molecule has 0 bridgehead atoms. The number of aryl methyl sites for hydroxylation is 1. The van der Waals surface area contributed by atoms with Crippen molar-refractivity contribution in [2.45, 2.75) is 19.9 Å². The molecule has 0 atom stereocenters. The van der Waals surface area contributed by atoms with E-state index in [9.17, 15) is 4.39 Å². The number of nitrogens with zero attached hydrogens (tertiary/aromatic N) is 2. The molecule has 0 saturated heterocycles. The first-order valence-electron chi connectivity index (χ1n) is 6.58. The maximum Gasteiger partial charge on any atom is 0.137 e. The Morgan fingerprint density at radius 2 is 1.95 bits per heavy atom. The van der Waals surface area contributed by atoms with E-state index < -0.39 is 0 Å². The number of imidazole rings is 1. The average molecular weight is 269 g/mol. The van der Waals surface area contributed by atoms with E-state index in [2.05, 4.69) is 4.98 Å². The van der Waals surface area contributed by atoms with Gasteiger partial charge >= 0.3 is 0 Å². The Kier molecular flexibility index (Phi) is 3.24. The SMILES string of the molecule is Cc1ccn2c(CN)c(Cc3ccc(F)cc3)nc2c1. The lowest BCUT2D eigenvalue weighted by Gasteiger charge is -2.03. The number of benzene rings is 1. The molecule has 2 N–H and O–H groups in total. The largest absolute Gasteiger partial charge is 0.325 e. The van der Waals surface area contributed by atoms with Crippen molar-refractivity contribution in [1.29, 1.82) is 0 Å². The summed E-state index contributed by atoms with van der Waals surface area (Å²) in [5.74, 6) is -0.224. The summed E-state index contributed by atoms with van der Waals surface area (Å²) in [5.41, 5.74) is 10.9. The standard InChI is InChI=1S/C16H16FN3/c1-11-6-7-20-15(10-18)14(19-16(20)8-11)9-12-2-4-13(17)5-3-12/h2-8H,9-10,18H2,1H3. The molecule has 0 aliphatic rings. The number of hydrogen-bond donors (Lipinski definition) is 1. The van der Waals surface area contributed by atoms with Crippen LogP contribution in [-0.4, -0.2) is 9.38 Å². The van der Waals surface area contributed by atoms with Crippen molar-refractivity contribution in [1.82, 2.24) is 9.38 Å². The molecule has 20 heavy (non-hydrogen) atoms. The fourth-order valence-corrected chi connectivity index (χ4v) is 2.40. The van der Waals surface area contributed by atoms with Crippen molar-refractivity contribution in [2.24, 2.45) is 5.73 Å². The van der Waals surface area contributed by atoms with Crippen molar-refractivity contribution in [3.63, 3.8) is 0 Å². The maximum absolute atomic E-state index is 12.9. The fourth-order valence-electron chi connectivity index (χ4n) is 2.40. The third-order valence-electron chi connectivity index (χ3n) is 3.44. The zero-order valence-electron chi connectivity index (χ0n) is 11.3. The average Bonchev–Trinajstić information content (AvgIpc) is 2.77. The van der Waals surface area contributed by atoms with Crippen molar-refractivity contribution < 1.29 is 4.39 Å². The van der Waals surface area contributed by atoms with Crippen LogP contribution in [0.2, 0.25) is 0 Å². The second kappa shape index (κ2) is 5.06. The van der Waals surface area contributed by atoms with Crippen molar-refractivity contribution in [3.8, 4) is 0 Å². The van der Waals surface area contributed by atoms with E-state index in [1.807, 2.05) is 29.7 Å². The highest BCUT2D eigenvalue weighted by Crippen LogP contribution is 2.17. The minimum absolute atomic E-state index is 0.224. The van der Waals surface area contributed by atoms with Gasteiger partial charge in [-0.2, -0.15) is 0 Å². The van der Waals surface area contributed by atoms with E-state index in [4.69, 9.17) is 5.73 Å². The van der Waals surface area contributed by atoms with Gasteiger partial charge in [0, 0.05) is 19.2 Å². The molecule has 2 heterocycles. The molecule has 0 aliphatic heterocycles. The molecule has 0 unspecified atom stereocenters. The smallest absolute Gasteiger partial charge is 0.137 e. The van der Waals surface area contributed by atoms with Gasteiger partial charge in [-0.15, -0.1) is 0 Å². The highest BCUT2D eigenvalue weighted by molar-refractivity contribution is 5.46. The minimum Gasteiger partial charge on any atom is -0.325 e. The molecule has 4 heteroatoms. The Hall–Kier alpha value is -2.20. The Labute approximate surface area is 116 Å². The zero-order chi connectivity index (χ0) is 14.1. The Balaban J connectivity index is 2.04. The summed E-state index contributed by atoms with van der Waals surface area (Å²) in [7, 11) is 0. The van der Waals surface area contributed by atoms with Gasteiger partial charge in [0.05, 0.1) is 11.4 Å². The zero-order valence-corrected chi connectivity index (χ0v) is 11.3. The van der Waals surface area contributed by atoms with Crippen LogP contribution in [0.25, 0.3) is 5.65 Å². The molecule has 1 aromatic carbocycles. The van der Waals surface area contributed by atoms with Crippen LogP contribution in [0.5, 0.6) is 0 Å². The molecule has 0 saturated carbocycles. The van der Waals surface area contributed by atoms with Crippen molar-refractivity contribution >= 4 is 5.65 Å². The van der Waals surface area contributed by atoms with Gasteiger partial charge in [-0.25, -0.2) is 9.37 Å². The highest BCUT2D eigenvalue weighted by atomic mass is 19.1. The van der Waals surface area contributed by atoms with Gasteiger partial charge in [-0.1, -0.05) is 12.1 Å². The number of halogens is 1. The molecule has 102 valence electrons. The van der Waals surface area contributed by atoms with Crippen LogP contribution in [0.15, 0.2) is 42.6 Å². The third-order valence-corrected chi connectivity index (χ3v) is 3.44. The summed E-state index contributed by atoms with van der Waals surface area (Å²) in [6.07, 6.45) is 2.65. The van der Waals surface area contributed by atoms with Gasteiger partial charge in [-0.05, 0) is 42.3 Å². The van der Waals surface area contributed by atoms with E-state index in [1.165, 1.54) is 17.7 Å². The van der Waals surface area contributed by atoms with E-state index in [0.717, 1.165) is 22.6 Å². The first-order chi connectivity index (χ1) is 9.67. The summed E-state index contributed by atoms with van der Waals surface area (Å²) in [5, 5.41) is 0. The number of pyridine rings is 1. The van der Waals surface area contributed by atoms with E-state index in [-0.39, 0.29) is 5.82 Å². The molecule has 0 radical (unpaired) electrons. The first kappa shape index (κ1) is 12.8. The van der Waals surface area contributed by atoms with Crippen LogP contribution >= 0.6 is 0 Å². The summed E-state index contributed by atoms with van der Waals surface area (Å²) in [4.78, 5) is 4.65. The molecular weight excluding hydrogens is 253 g/mol. The van der Waals surface area contributed by atoms with E-state index in [1.54, 1.807) is 12.1 Å². The van der Waals surface area contributed by atoms with Gasteiger partial charge in [0.1, 0.15) is 11.5 Å². The Morgan fingerprint density at radius 1 is 1.20 bits per heavy atom. The number of nitrogens with two attached hydrogens (primary N) is 1. The van der Waals surface area contributed by atoms with Crippen LogP contribution in [-0.2, 0) is 13.0 Å². The lowest BCUT2D eigenvalue weighted by atomic mass is 10.1. The molecule has 0 aliphatic carbocycles. The Bertz CT molecular complexity index is 744. The molecule has 3 rings (SSSR count). The monoisotopic (exact) mass is 269 g/mol. The highest BCUT2D eigenvalue weighted by Gasteiger charge is 2.11. The minimum atomic E-state index is -0.224. The van der Waals surface area contributed by atoms with Gasteiger partial charge in [-0.3, -0.25) is 0 Å². The maximum atomic E-state index is 12.9. The van der Waals surface area contributed by atoms with Gasteiger partial charge in [0.25, 0.3) is 0 Å². The molecule has 0 spiro atoms. The van der Waals surface area contributed by atoms with Crippen molar-refractivity contribution in [3.05, 3.63) is 70.9 Å². The lowest BCUT2D eigenvalue weighted by Crippen LogP contribution is -2.04. The number of rotatable bonds is 3. The van der Waals surface area contributed by atoms with Crippen LogP contribution in [0.3, 0.4) is 0 Å². The summed E-state index contributed by atoms with van der Waals surface area (Å²) >= 11 is 0. The number of aromatic nitrogens is 2. The quantitative estimate of drug-likeness (QED) is 0.794. The summed E-state index contributed by atoms with van der Waals surface area (Å²) in [6, 6.07) is 10.6. The predicted octanol–water partition coefficient (Wildman–Crippen LogP) is 2.83.